The first-order chi connectivity index (χ1) is 18.5. The number of morpholine rings is 1. The Morgan fingerprint density at radius 2 is 1.74 bits per heavy atom. The van der Waals surface area contributed by atoms with Crippen LogP contribution in [0, 0.1) is 11.8 Å². The number of carbonyl (C=O) groups is 2. The Bertz CT molecular complexity index is 1030. The van der Waals surface area contributed by atoms with Gasteiger partial charge in [-0.2, -0.15) is 0 Å². The van der Waals surface area contributed by atoms with Gasteiger partial charge in [-0.05, 0) is 67.8 Å². The van der Waals surface area contributed by atoms with E-state index in [1.165, 1.54) is 5.56 Å². The summed E-state index contributed by atoms with van der Waals surface area (Å²) >= 11 is 0. The fraction of sp³-hybridized carbons (Fsp3) is 0.548. The lowest BCUT2D eigenvalue weighted by Crippen LogP contribution is -2.38. The average molecular weight is 521 g/mol. The van der Waals surface area contributed by atoms with Crippen molar-refractivity contribution in [2.45, 2.75) is 46.0 Å². The maximum atomic E-state index is 13.4. The van der Waals surface area contributed by atoms with E-state index in [1.54, 1.807) is 0 Å². The number of anilines is 2. The molecular weight excluding hydrogens is 476 g/mol. The van der Waals surface area contributed by atoms with Gasteiger partial charge in [-0.3, -0.25) is 14.5 Å². The molecule has 0 spiro atoms. The molecule has 7 heteroatoms. The Balaban J connectivity index is 1.39. The molecule has 2 aromatic rings. The second-order valence-electron chi connectivity index (χ2n) is 11.1. The van der Waals surface area contributed by atoms with Crippen molar-refractivity contribution in [3.05, 3.63) is 59.7 Å². The van der Waals surface area contributed by atoms with E-state index in [2.05, 4.69) is 50.8 Å². The molecule has 2 N–H and O–H groups in total. The van der Waals surface area contributed by atoms with Gasteiger partial charge in [0.15, 0.2) is 0 Å². The van der Waals surface area contributed by atoms with Crippen LogP contribution < -0.4 is 15.5 Å². The molecule has 38 heavy (non-hydrogen) atoms. The quantitative estimate of drug-likeness (QED) is 0.424. The summed E-state index contributed by atoms with van der Waals surface area (Å²) in [7, 11) is 0. The van der Waals surface area contributed by atoms with Crippen LogP contribution in [0.4, 0.5) is 11.4 Å². The van der Waals surface area contributed by atoms with Crippen LogP contribution in [0.25, 0.3) is 0 Å². The van der Waals surface area contributed by atoms with E-state index in [1.807, 2.05) is 32.0 Å². The number of rotatable bonds is 11. The zero-order valence-corrected chi connectivity index (χ0v) is 23.1. The summed E-state index contributed by atoms with van der Waals surface area (Å²) in [4.78, 5) is 30.5. The minimum atomic E-state index is -0.0756. The summed E-state index contributed by atoms with van der Waals surface area (Å²) in [5.74, 6) is 0.834. The molecule has 0 bridgehead atoms. The zero-order chi connectivity index (χ0) is 26.7. The van der Waals surface area contributed by atoms with Crippen molar-refractivity contribution in [1.82, 2.24) is 10.2 Å². The first-order valence-corrected chi connectivity index (χ1v) is 14.3. The minimum absolute atomic E-state index is 0.0219. The van der Waals surface area contributed by atoms with Crippen molar-refractivity contribution in [2.75, 3.05) is 62.7 Å². The highest BCUT2D eigenvalue weighted by Crippen LogP contribution is 2.30. The van der Waals surface area contributed by atoms with Gasteiger partial charge in [0.1, 0.15) is 0 Å². The molecule has 2 aliphatic heterocycles. The molecule has 2 amide bonds. The average Bonchev–Trinajstić information content (AvgIpc) is 2.92. The highest BCUT2D eigenvalue weighted by atomic mass is 16.5. The maximum absolute atomic E-state index is 13.4. The number of ether oxygens (including phenoxy) is 1. The normalized spacial score (nSPS) is 17.0. The summed E-state index contributed by atoms with van der Waals surface area (Å²) in [5, 5.41) is 6.12. The van der Waals surface area contributed by atoms with E-state index in [0.717, 1.165) is 77.3 Å². The zero-order valence-electron chi connectivity index (χ0n) is 23.1. The minimum Gasteiger partial charge on any atom is -0.379 e. The molecule has 2 aliphatic rings. The number of piperidine rings is 1. The van der Waals surface area contributed by atoms with Gasteiger partial charge in [0.2, 0.25) is 5.91 Å². The van der Waals surface area contributed by atoms with E-state index < -0.39 is 0 Å². The van der Waals surface area contributed by atoms with Crippen LogP contribution in [0.1, 0.15) is 55.5 Å². The van der Waals surface area contributed by atoms with Crippen molar-refractivity contribution >= 4 is 23.2 Å². The Hall–Kier alpha value is -2.90. The Kier molecular flexibility index (Phi) is 10.6. The van der Waals surface area contributed by atoms with E-state index in [0.29, 0.717) is 30.1 Å². The summed E-state index contributed by atoms with van der Waals surface area (Å²) in [5.41, 5.74) is 3.66. The van der Waals surface area contributed by atoms with Gasteiger partial charge in [-0.25, -0.2) is 0 Å². The lowest BCUT2D eigenvalue weighted by atomic mass is 9.89. The summed E-state index contributed by atoms with van der Waals surface area (Å²) in [6, 6.07) is 16.5. The SMILES string of the molecule is CC(C)CC(=O)Nc1ccc(N2CCC(Cc3ccccc3)CC2)c(C(=O)NCCCN2CCOCC2)c1. The fourth-order valence-electron chi connectivity index (χ4n) is 5.40. The molecule has 2 saturated heterocycles. The fourth-order valence-corrected chi connectivity index (χ4v) is 5.40. The highest BCUT2D eigenvalue weighted by Gasteiger charge is 2.24. The number of carbonyl (C=O) groups excluding carboxylic acids is 2. The molecule has 2 fully saturated rings. The molecular formula is C31H44N4O3. The van der Waals surface area contributed by atoms with Crippen LogP contribution in [0.3, 0.4) is 0 Å². The summed E-state index contributed by atoms with van der Waals surface area (Å²) in [6.45, 7) is 11.0. The third-order valence-electron chi connectivity index (χ3n) is 7.48. The first kappa shape index (κ1) is 28.1. The molecule has 0 radical (unpaired) electrons. The molecule has 2 aromatic carbocycles. The maximum Gasteiger partial charge on any atom is 0.253 e. The van der Waals surface area contributed by atoms with Gasteiger partial charge in [-0.15, -0.1) is 0 Å². The lowest BCUT2D eigenvalue weighted by Gasteiger charge is -2.35. The largest absolute Gasteiger partial charge is 0.379 e. The number of benzene rings is 2. The van der Waals surface area contributed by atoms with Crippen LogP contribution >= 0.6 is 0 Å². The number of nitrogens with one attached hydrogen (secondary N) is 2. The molecule has 0 aliphatic carbocycles. The van der Waals surface area contributed by atoms with Crippen LogP contribution in [-0.4, -0.2) is 69.2 Å². The Morgan fingerprint density at radius 1 is 1.00 bits per heavy atom. The first-order valence-electron chi connectivity index (χ1n) is 14.3. The van der Waals surface area contributed by atoms with Crippen LogP contribution in [-0.2, 0) is 16.0 Å². The van der Waals surface area contributed by atoms with Crippen molar-refractivity contribution in [1.29, 1.82) is 0 Å². The van der Waals surface area contributed by atoms with Gasteiger partial charge in [0.25, 0.3) is 5.91 Å². The van der Waals surface area contributed by atoms with Crippen molar-refractivity contribution in [3.8, 4) is 0 Å². The second-order valence-corrected chi connectivity index (χ2v) is 11.1. The van der Waals surface area contributed by atoms with Gasteiger partial charge >= 0.3 is 0 Å². The third-order valence-corrected chi connectivity index (χ3v) is 7.48. The van der Waals surface area contributed by atoms with Crippen LogP contribution in [0.15, 0.2) is 48.5 Å². The summed E-state index contributed by atoms with van der Waals surface area (Å²) < 4.78 is 5.42. The molecule has 0 unspecified atom stereocenters. The van der Waals surface area contributed by atoms with Gasteiger partial charge in [0, 0.05) is 50.5 Å². The smallest absolute Gasteiger partial charge is 0.253 e. The van der Waals surface area contributed by atoms with Crippen LogP contribution in [0.2, 0.25) is 0 Å². The topological polar surface area (TPSA) is 73.9 Å². The molecule has 7 nitrogen and oxygen atoms in total. The predicted octanol–water partition coefficient (Wildman–Crippen LogP) is 4.58. The standard InChI is InChI=1S/C31H44N4O3/c1-24(2)21-30(36)33-27-9-10-29(35-15-11-26(12-16-35)22-25-7-4-3-5-8-25)28(23-27)31(37)32-13-6-14-34-17-19-38-20-18-34/h3-5,7-10,23-24,26H,6,11-22H2,1-2H3,(H,32,37)(H,33,36). The predicted molar refractivity (Wildman–Crippen MR) is 154 cm³/mol. The Morgan fingerprint density at radius 3 is 2.45 bits per heavy atom. The van der Waals surface area contributed by atoms with E-state index in [4.69, 9.17) is 4.74 Å². The van der Waals surface area contributed by atoms with Crippen LogP contribution in [0.5, 0.6) is 0 Å². The molecule has 4 rings (SSSR count). The van der Waals surface area contributed by atoms with Gasteiger partial charge < -0.3 is 20.3 Å². The molecule has 0 saturated carbocycles. The highest BCUT2D eigenvalue weighted by molar-refractivity contribution is 6.02. The number of amides is 2. The number of hydrogen-bond donors (Lipinski definition) is 2. The van der Waals surface area contributed by atoms with Crippen molar-refractivity contribution in [2.24, 2.45) is 11.8 Å². The molecule has 206 valence electrons. The van der Waals surface area contributed by atoms with E-state index in [-0.39, 0.29) is 17.7 Å². The lowest BCUT2D eigenvalue weighted by molar-refractivity contribution is -0.116. The Labute approximate surface area is 227 Å². The number of hydrogen-bond acceptors (Lipinski definition) is 5. The third kappa shape index (κ3) is 8.57. The summed E-state index contributed by atoms with van der Waals surface area (Å²) in [6.07, 6.45) is 4.66. The number of nitrogens with zero attached hydrogens (tertiary/aromatic N) is 2. The monoisotopic (exact) mass is 520 g/mol. The van der Waals surface area contributed by atoms with E-state index >= 15 is 0 Å². The molecule has 0 atom stereocenters. The second kappa shape index (κ2) is 14.3. The van der Waals surface area contributed by atoms with Gasteiger partial charge in [0.05, 0.1) is 18.8 Å². The van der Waals surface area contributed by atoms with E-state index in [9.17, 15) is 9.59 Å². The van der Waals surface area contributed by atoms with Crippen molar-refractivity contribution in [3.63, 3.8) is 0 Å². The molecule has 2 heterocycles. The molecule has 0 aromatic heterocycles. The van der Waals surface area contributed by atoms with Gasteiger partial charge in [-0.1, -0.05) is 44.2 Å². The van der Waals surface area contributed by atoms with Crippen molar-refractivity contribution < 1.29 is 14.3 Å².